The molecule has 0 bridgehead atoms. The van der Waals surface area contributed by atoms with Gasteiger partial charge in [0.05, 0.1) is 0 Å². The minimum absolute atomic E-state index is 0. The number of nitrogens with zero attached hydrogens (tertiary/aromatic N) is 3. The summed E-state index contributed by atoms with van der Waals surface area (Å²) in [5.41, 5.74) is 0.878. The van der Waals surface area contributed by atoms with Crippen LogP contribution in [0.15, 0.2) is 29.3 Å². The molecule has 0 radical (unpaired) electrons. The molecular weight excluding hydrogens is 421 g/mol. The van der Waals surface area contributed by atoms with Crippen molar-refractivity contribution in [3.63, 3.8) is 0 Å². The summed E-state index contributed by atoms with van der Waals surface area (Å²) >= 11 is -0.181. The second kappa shape index (κ2) is 10.0. The number of hydrogen-bond acceptors (Lipinski definition) is 3. The molecule has 1 saturated carbocycles. The van der Waals surface area contributed by atoms with Gasteiger partial charge < -0.3 is 16.9 Å². The van der Waals surface area contributed by atoms with Gasteiger partial charge in [-0.15, -0.1) is 0 Å². The summed E-state index contributed by atoms with van der Waals surface area (Å²) in [5.74, 6) is 2.94. The maximum atomic E-state index is 4.95. The van der Waals surface area contributed by atoms with E-state index in [9.17, 15) is 0 Å². The molecule has 1 saturated heterocycles. The van der Waals surface area contributed by atoms with Crippen LogP contribution in [0, 0.1) is 19.3 Å². The van der Waals surface area contributed by atoms with Gasteiger partial charge in [0.1, 0.15) is 0 Å². The van der Waals surface area contributed by atoms with E-state index in [0.29, 0.717) is 0 Å². The van der Waals surface area contributed by atoms with Gasteiger partial charge in [-0.25, -0.2) is 0 Å². The van der Waals surface area contributed by atoms with Crippen LogP contribution in [0.2, 0.25) is 18.6 Å². The van der Waals surface area contributed by atoms with Crippen molar-refractivity contribution in [3.8, 4) is 0 Å². The van der Waals surface area contributed by atoms with Gasteiger partial charge in [0.2, 0.25) is 0 Å². The summed E-state index contributed by atoms with van der Waals surface area (Å²) in [7, 11) is 8.14. The van der Waals surface area contributed by atoms with Crippen LogP contribution in [-0.4, -0.2) is 49.8 Å². The van der Waals surface area contributed by atoms with Crippen molar-refractivity contribution in [2.24, 2.45) is 16.8 Å². The summed E-state index contributed by atoms with van der Waals surface area (Å²) in [6.07, 6.45) is 14.8. The second-order valence-electron chi connectivity index (χ2n) is 7.93. The Labute approximate surface area is 175 Å². The summed E-state index contributed by atoms with van der Waals surface area (Å²) < 4.78 is 2.79. The number of rotatable bonds is 2. The zero-order chi connectivity index (χ0) is 17.9. The molecule has 3 unspecified atom stereocenters. The fourth-order valence-corrected chi connectivity index (χ4v) is 9.19. The number of fused-ring (bicyclic) bond motifs is 2. The van der Waals surface area contributed by atoms with Crippen LogP contribution in [0.5, 0.6) is 0 Å². The molecule has 0 amide bonds. The molecule has 2 heterocycles. The molecule has 2 fully saturated rings. The predicted molar refractivity (Wildman–Crippen MR) is 114 cm³/mol. The second-order valence-corrected chi connectivity index (χ2v) is 14.6. The summed E-state index contributed by atoms with van der Waals surface area (Å²) in [4.78, 5) is 7.51. The SMILES string of the molecule is C[Si](C)(C1CCC2C=CC=CC21)N1CCCN2CCCN=C21.[CH3-].[Cl][Cr+][Cl]. The normalized spacial score (nSPS) is 29.7. The Hall–Kier alpha value is 0.0794. The Morgan fingerprint density at radius 3 is 2.54 bits per heavy atom. The molecule has 3 atom stereocenters. The van der Waals surface area contributed by atoms with Crippen molar-refractivity contribution >= 4 is 34.3 Å². The molecule has 0 N–H and O–H groups in total. The van der Waals surface area contributed by atoms with Crippen LogP contribution in [-0.2, 0) is 13.4 Å². The van der Waals surface area contributed by atoms with Crippen molar-refractivity contribution in [2.75, 3.05) is 26.2 Å². The van der Waals surface area contributed by atoms with E-state index in [1.54, 1.807) is 0 Å². The van der Waals surface area contributed by atoms with Gasteiger partial charge in [0, 0.05) is 26.2 Å². The molecule has 0 aromatic heterocycles. The Balaban J connectivity index is 0.000000570. The number of guanidine groups is 1. The van der Waals surface area contributed by atoms with E-state index in [2.05, 4.69) is 46.9 Å². The standard InChI is InChI=1S/C18H29N3Si.CH3.2ClH.Cr/c1-22(2,17-10-9-15-7-3-4-8-16(15)17)21-14-6-13-20-12-5-11-19-18(20)21;;;;/h3-4,7-8,15-17H,5-6,9-14H2,1-2H3;1H3;2*1H;/q;-1;;;+3/p-2. The molecule has 4 aliphatic rings. The molecule has 3 nitrogen and oxygen atoms in total. The van der Waals surface area contributed by atoms with Gasteiger partial charge in [-0.2, -0.15) is 0 Å². The summed E-state index contributed by atoms with van der Waals surface area (Å²) in [5, 5.41) is 0. The number of hydrogen-bond donors (Lipinski definition) is 0. The Kier molecular flexibility index (Phi) is 8.63. The molecule has 7 heteroatoms. The van der Waals surface area contributed by atoms with Crippen molar-refractivity contribution < 1.29 is 13.4 Å². The molecule has 2 aliphatic heterocycles. The number of allylic oxidation sites excluding steroid dienone is 4. The van der Waals surface area contributed by atoms with E-state index >= 15 is 0 Å². The third-order valence-corrected chi connectivity index (χ3v) is 10.7. The number of halogens is 2. The molecular formula is C19H32Cl2CrN3Si. The number of aliphatic imine (C=N–C) groups is 1. The molecule has 147 valence electrons. The van der Waals surface area contributed by atoms with Crippen molar-refractivity contribution in [1.29, 1.82) is 0 Å². The van der Waals surface area contributed by atoms with Gasteiger partial charge >= 0.3 is 33.5 Å². The monoisotopic (exact) mass is 452 g/mol. The fourth-order valence-electron chi connectivity index (χ4n) is 5.15. The van der Waals surface area contributed by atoms with Crippen molar-refractivity contribution in [1.82, 2.24) is 9.47 Å². The Morgan fingerprint density at radius 2 is 1.77 bits per heavy atom. The fraction of sp³-hybridized carbons (Fsp3) is 0.684. The van der Waals surface area contributed by atoms with E-state index in [1.807, 2.05) is 0 Å². The van der Waals surface area contributed by atoms with Gasteiger partial charge in [-0.05, 0) is 36.6 Å². The van der Waals surface area contributed by atoms with Gasteiger partial charge in [0.25, 0.3) is 0 Å². The summed E-state index contributed by atoms with van der Waals surface area (Å²) in [6.45, 7) is 9.92. The van der Waals surface area contributed by atoms with Crippen LogP contribution in [0.3, 0.4) is 0 Å². The zero-order valence-corrected chi connectivity index (χ0v) is 20.0. The molecule has 4 rings (SSSR count). The third-order valence-electron chi connectivity index (χ3n) is 6.35. The first kappa shape index (κ1) is 22.4. The first-order valence-electron chi connectivity index (χ1n) is 9.41. The average Bonchev–Trinajstić information content (AvgIpc) is 3.07. The Morgan fingerprint density at radius 1 is 1.08 bits per heavy atom. The predicted octanol–water partition coefficient (Wildman–Crippen LogP) is 5.31. The van der Waals surface area contributed by atoms with Crippen LogP contribution >= 0.6 is 20.1 Å². The first-order valence-corrected chi connectivity index (χ1v) is 15.9. The third kappa shape index (κ3) is 4.55. The minimum atomic E-state index is -1.51. The molecule has 0 spiro atoms. The maximum absolute atomic E-state index is 4.95. The van der Waals surface area contributed by atoms with Gasteiger partial charge in [-0.3, -0.25) is 4.99 Å². The molecule has 0 aromatic carbocycles. The quantitative estimate of drug-likeness (QED) is 0.417. The average molecular weight is 453 g/mol. The van der Waals surface area contributed by atoms with Gasteiger partial charge in [0.15, 0.2) is 14.2 Å². The van der Waals surface area contributed by atoms with E-state index in [4.69, 9.17) is 25.1 Å². The molecule has 2 aliphatic carbocycles. The van der Waals surface area contributed by atoms with Gasteiger partial charge in [-0.1, -0.05) is 43.8 Å². The van der Waals surface area contributed by atoms with Crippen LogP contribution in [0.4, 0.5) is 0 Å². The van der Waals surface area contributed by atoms with E-state index in [0.717, 1.165) is 23.9 Å². The van der Waals surface area contributed by atoms with Crippen LogP contribution < -0.4 is 0 Å². The first-order chi connectivity index (χ1) is 12.1. The summed E-state index contributed by atoms with van der Waals surface area (Å²) in [6, 6.07) is 0. The molecule has 0 aromatic rings. The topological polar surface area (TPSA) is 18.8 Å². The van der Waals surface area contributed by atoms with E-state index in [-0.39, 0.29) is 20.8 Å². The zero-order valence-electron chi connectivity index (χ0n) is 16.2. The van der Waals surface area contributed by atoms with Crippen molar-refractivity contribution in [3.05, 3.63) is 31.7 Å². The van der Waals surface area contributed by atoms with Crippen molar-refractivity contribution in [2.45, 2.75) is 44.3 Å². The molecule has 26 heavy (non-hydrogen) atoms. The van der Waals surface area contributed by atoms with Crippen LogP contribution in [0.25, 0.3) is 0 Å². The van der Waals surface area contributed by atoms with E-state index in [1.165, 1.54) is 51.3 Å². The van der Waals surface area contributed by atoms with E-state index < -0.39 is 8.24 Å². The Bertz CT molecular complexity index is 553. The van der Waals surface area contributed by atoms with Crippen LogP contribution in [0.1, 0.15) is 25.7 Å².